The highest BCUT2D eigenvalue weighted by molar-refractivity contribution is 9.24. The maximum absolute atomic E-state index is 6.09. The molecule has 150 valence electrons. The van der Waals surface area contributed by atoms with Crippen LogP contribution < -0.4 is 9.47 Å². The molecule has 0 saturated heterocycles. The van der Waals surface area contributed by atoms with E-state index in [-0.39, 0.29) is 7.47 Å². The predicted octanol–water partition coefficient (Wildman–Crippen LogP) is 9.18. The largest absolute Gasteiger partial charge is 0.493 e. The van der Waals surface area contributed by atoms with Gasteiger partial charge in [-0.1, -0.05) is 116 Å². The Balaban J connectivity index is 2.84. The second-order valence-corrected chi connectivity index (χ2v) is 12.5. The van der Waals surface area contributed by atoms with E-state index < -0.39 is 0 Å². The summed E-state index contributed by atoms with van der Waals surface area (Å²) in [6.07, 6.45) is 9.58. The summed E-state index contributed by atoms with van der Waals surface area (Å²) >= 11 is 14.5. The number of unbranched alkanes of at least 4 members (excludes halogenated alkanes) is 6. The minimum absolute atomic E-state index is 0.0289. The first kappa shape index (κ1) is 24.8. The predicted molar refractivity (Wildman–Crippen MR) is 127 cm³/mol. The first-order valence-corrected chi connectivity index (χ1v) is 13.2. The van der Waals surface area contributed by atoms with Crippen molar-refractivity contribution < 1.29 is 9.47 Å². The zero-order chi connectivity index (χ0) is 19.4. The molecule has 26 heavy (non-hydrogen) atoms. The summed E-state index contributed by atoms with van der Waals surface area (Å²) in [5, 5.41) is 0. The molecule has 0 saturated carbocycles. The van der Waals surface area contributed by atoms with Gasteiger partial charge in [0.25, 0.3) is 0 Å². The van der Waals surface area contributed by atoms with Crippen LogP contribution in [0, 0.1) is 0 Å². The summed E-state index contributed by atoms with van der Waals surface area (Å²) < 4.78 is 12.2. The highest BCUT2D eigenvalue weighted by Crippen LogP contribution is 2.44. The first-order valence-electron chi connectivity index (χ1n) is 9.50. The highest BCUT2D eigenvalue weighted by atomic mass is 79.9. The van der Waals surface area contributed by atoms with Gasteiger partial charge in [0.05, 0.1) is 20.7 Å². The molecule has 0 radical (unpaired) electrons. The molecule has 0 atom stereocenters. The van der Waals surface area contributed by atoms with E-state index in [1.165, 1.54) is 38.5 Å². The van der Waals surface area contributed by atoms with Gasteiger partial charge in [0.2, 0.25) is 0 Å². The van der Waals surface area contributed by atoms with Gasteiger partial charge < -0.3 is 9.47 Å². The van der Waals surface area contributed by atoms with E-state index in [2.05, 4.69) is 89.7 Å². The Bertz CT molecular complexity index is 461. The third-order valence-corrected chi connectivity index (χ3v) is 6.10. The van der Waals surface area contributed by atoms with Crippen LogP contribution in [0.2, 0.25) is 0 Å². The van der Waals surface area contributed by atoms with Gasteiger partial charge in [-0.2, -0.15) is 0 Å². The van der Waals surface area contributed by atoms with E-state index in [1.54, 1.807) is 0 Å². The number of ether oxygens (including phenoxy) is 2. The molecule has 0 heterocycles. The van der Waals surface area contributed by atoms with E-state index in [0.717, 1.165) is 48.7 Å². The van der Waals surface area contributed by atoms with E-state index in [9.17, 15) is 0 Å². The Morgan fingerprint density at radius 1 is 0.654 bits per heavy atom. The lowest BCUT2D eigenvalue weighted by atomic mass is 10.1. The monoisotopic (exact) mass is 618 g/mol. The maximum Gasteiger partial charge on any atom is 0.125 e. The van der Waals surface area contributed by atoms with Crippen LogP contribution in [-0.2, 0) is 0 Å². The van der Waals surface area contributed by atoms with Gasteiger partial charge in [-0.25, -0.2) is 0 Å². The molecule has 0 aliphatic rings. The molecule has 1 rings (SSSR count). The van der Waals surface area contributed by atoms with Crippen molar-refractivity contribution in [3.05, 3.63) is 23.3 Å². The van der Waals surface area contributed by atoms with Crippen LogP contribution in [-0.4, -0.2) is 13.2 Å². The lowest BCUT2D eigenvalue weighted by Crippen LogP contribution is -2.05. The van der Waals surface area contributed by atoms with Crippen LogP contribution >= 0.6 is 63.7 Å². The Morgan fingerprint density at radius 2 is 1.04 bits per heavy atom. The molecule has 0 aliphatic heterocycles. The number of hydrogen-bond donors (Lipinski definition) is 0. The zero-order valence-electron chi connectivity index (χ0n) is 15.7. The number of rotatable bonds is 14. The lowest BCUT2D eigenvalue weighted by molar-refractivity contribution is 0.293. The molecule has 2 nitrogen and oxygen atoms in total. The van der Waals surface area contributed by atoms with Crippen LogP contribution in [0.25, 0.3) is 0 Å². The van der Waals surface area contributed by atoms with Crippen molar-refractivity contribution in [1.82, 2.24) is 0 Å². The van der Waals surface area contributed by atoms with E-state index in [4.69, 9.17) is 9.47 Å². The summed E-state index contributed by atoms with van der Waals surface area (Å²) in [7, 11) is 0. The molecule has 0 spiro atoms. The van der Waals surface area contributed by atoms with Crippen molar-refractivity contribution in [3.8, 4) is 11.5 Å². The number of halogens is 4. The molecular weight excluding hydrogens is 592 g/mol. The van der Waals surface area contributed by atoms with Crippen molar-refractivity contribution in [3.63, 3.8) is 0 Å². The third-order valence-electron chi connectivity index (χ3n) is 4.12. The Morgan fingerprint density at radius 3 is 1.35 bits per heavy atom. The van der Waals surface area contributed by atoms with Gasteiger partial charge in [-0.15, -0.1) is 0 Å². The Kier molecular flexibility index (Phi) is 14.0. The minimum Gasteiger partial charge on any atom is -0.493 e. The molecule has 0 unspecified atom stereocenters. The van der Waals surface area contributed by atoms with Gasteiger partial charge in [0.1, 0.15) is 11.5 Å². The van der Waals surface area contributed by atoms with E-state index >= 15 is 0 Å². The van der Waals surface area contributed by atoms with Crippen molar-refractivity contribution in [2.45, 2.75) is 72.7 Å². The average molecular weight is 622 g/mol. The lowest BCUT2D eigenvalue weighted by Gasteiger charge is -2.19. The van der Waals surface area contributed by atoms with Crippen molar-refractivity contribution in [2.75, 3.05) is 13.2 Å². The minimum atomic E-state index is 0.0289. The van der Waals surface area contributed by atoms with Crippen molar-refractivity contribution in [2.24, 2.45) is 0 Å². The summed E-state index contributed by atoms with van der Waals surface area (Å²) in [5.41, 5.74) is 2.13. The van der Waals surface area contributed by atoms with Crippen LogP contribution in [0.1, 0.15) is 83.8 Å². The Hall–Kier alpha value is 0.740. The molecule has 0 bridgehead atoms. The number of alkyl halides is 4. The summed E-state index contributed by atoms with van der Waals surface area (Å²) in [6, 6.07) is 4.17. The normalized spacial score (nSPS) is 11.4. The molecule has 0 amide bonds. The average Bonchev–Trinajstić information content (AvgIpc) is 2.61. The maximum atomic E-state index is 6.09. The molecule has 0 aliphatic carbocycles. The van der Waals surface area contributed by atoms with E-state index in [0.29, 0.717) is 0 Å². The quantitative estimate of drug-likeness (QED) is 0.152. The zero-order valence-corrected chi connectivity index (χ0v) is 22.1. The summed E-state index contributed by atoms with van der Waals surface area (Å²) in [4.78, 5) is 0. The van der Waals surface area contributed by atoms with Gasteiger partial charge >= 0.3 is 0 Å². The third kappa shape index (κ3) is 9.29. The molecular formula is C20H30Br4O2. The fourth-order valence-electron chi connectivity index (χ4n) is 2.60. The van der Waals surface area contributed by atoms with Gasteiger partial charge in [-0.3, -0.25) is 0 Å². The van der Waals surface area contributed by atoms with E-state index in [1.807, 2.05) is 0 Å². The van der Waals surface area contributed by atoms with Crippen molar-refractivity contribution in [1.29, 1.82) is 0 Å². The fourth-order valence-corrected chi connectivity index (χ4v) is 4.04. The smallest absolute Gasteiger partial charge is 0.125 e. The summed E-state index contributed by atoms with van der Waals surface area (Å²) in [5.74, 6) is 1.80. The molecule has 6 heteroatoms. The van der Waals surface area contributed by atoms with Gasteiger partial charge in [-0.05, 0) is 25.0 Å². The standard InChI is InChI=1S/C20H30Br4O2/c1-3-5-7-9-11-25-17-13-16(20(23)24)18(14-15(17)19(21)22)26-12-10-8-6-4-2/h13-14,19-20H,3-12H2,1-2H3. The molecule has 0 N–H and O–H groups in total. The van der Waals surface area contributed by atoms with Gasteiger partial charge in [0, 0.05) is 11.1 Å². The van der Waals surface area contributed by atoms with Gasteiger partial charge in [0.15, 0.2) is 0 Å². The number of benzene rings is 1. The molecule has 1 aromatic rings. The topological polar surface area (TPSA) is 18.5 Å². The summed E-state index contributed by atoms with van der Waals surface area (Å²) in [6.45, 7) is 5.93. The highest BCUT2D eigenvalue weighted by Gasteiger charge is 2.19. The van der Waals surface area contributed by atoms with Crippen LogP contribution in [0.5, 0.6) is 11.5 Å². The van der Waals surface area contributed by atoms with Crippen molar-refractivity contribution >= 4 is 63.7 Å². The fraction of sp³-hybridized carbons (Fsp3) is 0.700. The van der Waals surface area contributed by atoms with Crippen LogP contribution in [0.3, 0.4) is 0 Å². The van der Waals surface area contributed by atoms with Crippen LogP contribution in [0.4, 0.5) is 0 Å². The SMILES string of the molecule is CCCCCCOc1cc(C(Br)Br)c(OCCCCCC)cc1C(Br)Br. The molecule has 1 aromatic carbocycles. The molecule has 0 aromatic heterocycles. The molecule has 0 fully saturated rings. The van der Waals surface area contributed by atoms with Crippen LogP contribution in [0.15, 0.2) is 12.1 Å². The second-order valence-electron chi connectivity index (χ2n) is 6.35. The Labute approximate surface area is 192 Å². The second kappa shape index (κ2) is 14.7. The first-order chi connectivity index (χ1) is 12.5. The number of hydrogen-bond acceptors (Lipinski definition) is 2.